The van der Waals surface area contributed by atoms with E-state index in [4.69, 9.17) is 14.2 Å². The molecule has 0 aromatic rings. The van der Waals surface area contributed by atoms with Crippen molar-refractivity contribution in [3.8, 4) is 0 Å². The van der Waals surface area contributed by atoms with Crippen LogP contribution in [0.1, 0.15) is 290 Å². The second-order valence-electron chi connectivity index (χ2n) is 21.6. The van der Waals surface area contributed by atoms with Crippen LogP contribution < -0.4 is 0 Å². The molecule has 458 valence electrons. The van der Waals surface area contributed by atoms with E-state index < -0.39 is 6.10 Å². The first-order chi connectivity index (χ1) is 40.0. The van der Waals surface area contributed by atoms with E-state index in [2.05, 4.69) is 167 Å². The van der Waals surface area contributed by atoms with Crippen LogP contribution in [-0.4, -0.2) is 37.2 Å². The molecule has 0 radical (unpaired) electrons. The number of carbonyl (C=O) groups is 3. The molecule has 0 aromatic carbocycles. The van der Waals surface area contributed by atoms with Gasteiger partial charge in [-0.25, -0.2) is 0 Å². The summed E-state index contributed by atoms with van der Waals surface area (Å²) in [5, 5.41) is 0. The highest BCUT2D eigenvalue weighted by molar-refractivity contribution is 5.71. The molecule has 0 aliphatic carbocycles. The van der Waals surface area contributed by atoms with Gasteiger partial charge >= 0.3 is 17.9 Å². The lowest BCUT2D eigenvalue weighted by Crippen LogP contribution is -2.30. The first-order valence-corrected chi connectivity index (χ1v) is 33.3. The molecule has 0 saturated carbocycles. The molecule has 0 rings (SSSR count). The van der Waals surface area contributed by atoms with Crippen molar-refractivity contribution in [1.29, 1.82) is 0 Å². The number of esters is 3. The van der Waals surface area contributed by atoms with E-state index in [1.165, 1.54) is 122 Å². The van der Waals surface area contributed by atoms with Crippen LogP contribution in [0.15, 0.2) is 146 Å². The number of allylic oxidation sites excluding steroid dienone is 24. The molecule has 0 heterocycles. The van der Waals surface area contributed by atoms with Crippen LogP contribution in [0.3, 0.4) is 0 Å². The van der Waals surface area contributed by atoms with Gasteiger partial charge in [-0.15, -0.1) is 0 Å². The van der Waals surface area contributed by atoms with E-state index in [1.54, 1.807) is 0 Å². The van der Waals surface area contributed by atoms with E-state index in [9.17, 15) is 14.4 Å². The van der Waals surface area contributed by atoms with Crippen molar-refractivity contribution in [3.05, 3.63) is 146 Å². The van der Waals surface area contributed by atoms with Gasteiger partial charge in [0, 0.05) is 19.3 Å². The Labute approximate surface area is 499 Å². The van der Waals surface area contributed by atoms with Gasteiger partial charge in [-0.1, -0.05) is 282 Å². The highest BCUT2D eigenvalue weighted by atomic mass is 16.6. The average Bonchev–Trinajstić information content (AvgIpc) is 3.47. The molecule has 1 atom stereocenters. The van der Waals surface area contributed by atoms with Gasteiger partial charge < -0.3 is 14.2 Å². The molecule has 0 aliphatic rings. The maximum absolute atomic E-state index is 12.9. The van der Waals surface area contributed by atoms with Gasteiger partial charge in [0.2, 0.25) is 0 Å². The SMILES string of the molecule is CC/C=C\C/C=C\C/C=C\C/C=C\C/C=C\C/C=C\C/C=C\C/C=C\C/C=C\CCCC(=O)OCC(COC(=O)CCCCCCC/C=C\CCCC)OC(=O)CCCCCCCCCCCCC/C=C\C/C=C\CCCCCCC. The van der Waals surface area contributed by atoms with Crippen LogP contribution in [0.4, 0.5) is 0 Å². The van der Waals surface area contributed by atoms with Gasteiger partial charge in [-0.3, -0.25) is 14.4 Å². The number of carbonyl (C=O) groups excluding carboxylic acids is 3. The molecule has 6 heteroatoms. The molecule has 6 nitrogen and oxygen atoms in total. The van der Waals surface area contributed by atoms with Gasteiger partial charge in [0.25, 0.3) is 0 Å². The standard InChI is InChI=1S/C75H122O6/c1-4-7-10-13-16-19-22-24-26-28-30-32-34-35-36-37-38-39-41-42-44-46-48-50-53-56-59-62-65-68-74(77)80-71-72(70-79-73(76)67-64-61-58-55-52-21-18-15-12-9-6-3)81-75(78)69-66-63-60-57-54-51-49-47-45-43-40-33-31-29-27-25-23-20-17-14-11-8-5-2/h7,10,15-16,18-19,23-26,29-32,35-36,38-39,42,44,48,50,56,59,72H,4-6,8-9,11-14,17,20-22,27-28,33-34,37,40-41,43,45-47,49,51-55,57-58,60-71H2,1-3H3/b10-7-,18-15-,19-16-,25-23-,26-24-,31-29-,32-30-,36-35-,39-38-,44-42-,50-48-,59-56-. The molecule has 0 N–H and O–H groups in total. The minimum Gasteiger partial charge on any atom is -0.462 e. The maximum atomic E-state index is 12.9. The summed E-state index contributed by atoms with van der Waals surface area (Å²) < 4.78 is 16.9. The van der Waals surface area contributed by atoms with Crippen molar-refractivity contribution in [2.24, 2.45) is 0 Å². The zero-order valence-electron chi connectivity index (χ0n) is 52.5. The van der Waals surface area contributed by atoms with Crippen LogP contribution in [0.25, 0.3) is 0 Å². The van der Waals surface area contributed by atoms with Gasteiger partial charge in [0.1, 0.15) is 13.2 Å². The van der Waals surface area contributed by atoms with Crippen molar-refractivity contribution >= 4 is 17.9 Å². The molecule has 81 heavy (non-hydrogen) atoms. The number of hydrogen-bond donors (Lipinski definition) is 0. The fourth-order valence-electron chi connectivity index (χ4n) is 8.81. The minimum atomic E-state index is -0.813. The Hall–Kier alpha value is -4.71. The van der Waals surface area contributed by atoms with Crippen molar-refractivity contribution < 1.29 is 28.6 Å². The third-order valence-electron chi connectivity index (χ3n) is 13.8. The molecule has 1 unspecified atom stereocenters. The van der Waals surface area contributed by atoms with Crippen LogP contribution in [0, 0.1) is 0 Å². The maximum Gasteiger partial charge on any atom is 0.306 e. The average molecular weight is 1120 g/mol. The zero-order valence-corrected chi connectivity index (χ0v) is 52.5. The summed E-state index contributed by atoms with van der Waals surface area (Å²) in [4.78, 5) is 38.3. The molecule has 0 aromatic heterocycles. The zero-order chi connectivity index (χ0) is 58.5. The lowest BCUT2D eigenvalue weighted by atomic mass is 10.0. The Morgan fingerprint density at radius 2 is 0.506 bits per heavy atom. The number of rotatable bonds is 59. The van der Waals surface area contributed by atoms with Crippen molar-refractivity contribution in [2.45, 2.75) is 297 Å². The first kappa shape index (κ1) is 76.3. The molecule has 0 fully saturated rings. The number of ether oxygens (including phenoxy) is 3. The van der Waals surface area contributed by atoms with Crippen LogP contribution in [0.5, 0.6) is 0 Å². The molecule has 0 amide bonds. The Bertz CT molecular complexity index is 1760. The predicted molar refractivity (Wildman–Crippen MR) is 352 cm³/mol. The number of hydrogen-bond acceptors (Lipinski definition) is 6. The largest absolute Gasteiger partial charge is 0.462 e. The van der Waals surface area contributed by atoms with Crippen molar-refractivity contribution in [3.63, 3.8) is 0 Å². The van der Waals surface area contributed by atoms with Gasteiger partial charge in [-0.05, 0) is 135 Å². The van der Waals surface area contributed by atoms with E-state index in [0.29, 0.717) is 19.3 Å². The second-order valence-corrected chi connectivity index (χ2v) is 21.6. The third-order valence-corrected chi connectivity index (χ3v) is 13.8. The van der Waals surface area contributed by atoms with Gasteiger partial charge in [0.15, 0.2) is 6.10 Å². The Morgan fingerprint density at radius 3 is 0.852 bits per heavy atom. The van der Waals surface area contributed by atoms with Crippen LogP contribution in [-0.2, 0) is 28.6 Å². The second kappa shape index (κ2) is 67.8. The van der Waals surface area contributed by atoms with Crippen LogP contribution >= 0.6 is 0 Å². The summed E-state index contributed by atoms with van der Waals surface area (Å²) in [7, 11) is 0. The number of unbranched alkanes of at least 4 members (excludes halogenated alkanes) is 24. The van der Waals surface area contributed by atoms with E-state index >= 15 is 0 Å². The smallest absolute Gasteiger partial charge is 0.306 e. The molecular formula is C75H122O6. The molecule has 0 saturated heterocycles. The topological polar surface area (TPSA) is 78.9 Å². The Kier molecular flexibility index (Phi) is 63.9. The quantitative estimate of drug-likeness (QED) is 0.0261. The third kappa shape index (κ3) is 66.0. The monoisotopic (exact) mass is 1120 g/mol. The normalized spacial score (nSPS) is 13.1. The molecule has 0 aliphatic heterocycles. The summed E-state index contributed by atoms with van der Waals surface area (Å²) in [5.74, 6) is -0.978. The van der Waals surface area contributed by atoms with E-state index in [1.807, 2.05) is 0 Å². The summed E-state index contributed by atoms with van der Waals surface area (Å²) in [5.41, 5.74) is 0. The fraction of sp³-hybridized carbons (Fsp3) is 0.640. The minimum absolute atomic E-state index is 0.105. The summed E-state index contributed by atoms with van der Waals surface area (Å²) in [6.45, 7) is 6.43. The molecule has 0 bridgehead atoms. The fourth-order valence-corrected chi connectivity index (χ4v) is 8.81. The first-order valence-electron chi connectivity index (χ1n) is 33.3. The summed E-state index contributed by atoms with van der Waals surface area (Å²) in [6, 6.07) is 0. The summed E-state index contributed by atoms with van der Waals surface area (Å²) >= 11 is 0. The highest BCUT2D eigenvalue weighted by Gasteiger charge is 2.19. The van der Waals surface area contributed by atoms with Crippen molar-refractivity contribution in [2.75, 3.05) is 13.2 Å². The van der Waals surface area contributed by atoms with Crippen molar-refractivity contribution in [1.82, 2.24) is 0 Å². The molecule has 0 spiro atoms. The van der Waals surface area contributed by atoms with Crippen LogP contribution in [0.2, 0.25) is 0 Å². The Morgan fingerprint density at radius 1 is 0.259 bits per heavy atom. The lowest BCUT2D eigenvalue weighted by Gasteiger charge is -2.18. The molecular weight excluding hydrogens is 997 g/mol. The van der Waals surface area contributed by atoms with Gasteiger partial charge in [0.05, 0.1) is 0 Å². The van der Waals surface area contributed by atoms with Gasteiger partial charge in [-0.2, -0.15) is 0 Å². The predicted octanol–water partition coefficient (Wildman–Crippen LogP) is 23.1. The Balaban J connectivity index is 4.40. The van der Waals surface area contributed by atoms with E-state index in [0.717, 1.165) is 122 Å². The lowest BCUT2D eigenvalue weighted by molar-refractivity contribution is -0.167. The van der Waals surface area contributed by atoms with E-state index in [-0.39, 0.29) is 37.5 Å². The highest BCUT2D eigenvalue weighted by Crippen LogP contribution is 2.15. The summed E-state index contributed by atoms with van der Waals surface area (Å²) in [6.07, 6.45) is 97.3.